The number of methoxy groups -OCH3 is 1. The third-order valence-corrected chi connectivity index (χ3v) is 5.91. The number of benzene rings is 2. The van der Waals surface area contributed by atoms with E-state index in [-0.39, 0.29) is 22.1 Å². The highest BCUT2D eigenvalue weighted by Crippen LogP contribution is 2.26. The number of hydrogen-bond acceptors (Lipinski definition) is 4. The second-order valence-electron chi connectivity index (χ2n) is 6.40. The van der Waals surface area contributed by atoms with Gasteiger partial charge in [0, 0.05) is 24.8 Å². The average molecular weight is 391 g/mol. The summed E-state index contributed by atoms with van der Waals surface area (Å²) in [6.45, 7) is 6.17. The fourth-order valence-electron chi connectivity index (χ4n) is 2.58. The molecule has 0 aromatic heterocycles. The van der Waals surface area contributed by atoms with Crippen molar-refractivity contribution in [3.05, 3.63) is 53.1 Å². The Morgan fingerprint density at radius 3 is 2.41 bits per heavy atom. The Balaban J connectivity index is 2.41. The van der Waals surface area contributed by atoms with Crippen molar-refractivity contribution < 1.29 is 17.9 Å². The normalized spacial score (nSPS) is 11.3. The first kappa shape index (κ1) is 20.9. The van der Waals surface area contributed by atoms with E-state index in [2.05, 4.69) is 4.72 Å². The third-order valence-electron chi connectivity index (χ3n) is 4.42. The average Bonchev–Trinajstić information content (AvgIpc) is 2.66. The maximum absolute atomic E-state index is 12.9. The Hall–Kier alpha value is -2.38. The first-order chi connectivity index (χ1) is 12.7. The van der Waals surface area contributed by atoms with Crippen molar-refractivity contribution in [2.24, 2.45) is 0 Å². The van der Waals surface area contributed by atoms with E-state index < -0.39 is 10.0 Å². The van der Waals surface area contributed by atoms with Gasteiger partial charge in [0.1, 0.15) is 10.6 Å². The molecule has 0 saturated heterocycles. The second-order valence-corrected chi connectivity index (χ2v) is 8.13. The van der Waals surface area contributed by atoms with Crippen LogP contribution in [0.5, 0.6) is 5.75 Å². The van der Waals surface area contributed by atoms with E-state index in [1.807, 2.05) is 39.0 Å². The van der Waals surface area contributed by atoms with Crippen molar-refractivity contribution in [2.75, 3.05) is 25.6 Å². The van der Waals surface area contributed by atoms with Gasteiger partial charge in [-0.1, -0.05) is 13.0 Å². The minimum atomic E-state index is -3.77. The molecule has 0 heterocycles. The zero-order valence-corrected chi connectivity index (χ0v) is 17.2. The Morgan fingerprint density at radius 2 is 1.81 bits per heavy atom. The van der Waals surface area contributed by atoms with Crippen molar-refractivity contribution in [2.45, 2.75) is 32.1 Å². The predicted octanol–water partition coefficient (Wildman–Crippen LogP) is 3.28. The number of amides is 1. The van der Waals surface area contributed by atoms with Gasteiger partial charge in [-0.25, -0.2) is 13.1 Å². The van der Waals surface area contributed by atoms with Crippen LogP contribution in [0.3, 0.4) is 0 Å². The molecule has 2 rings (SSSR count). The van der Waals surface area contributed by atoms with E-state index >= 15 is 0 Å². The van der Waals surface area contributed by atoms with Gasteiger partial charge in [-0.15, -0.1) is 0 Å². The summed E-state index contributed by atoms with van der Waals surface area (Å²) in [4.78, 5) is 14.4. The fourth-order valence-corrected chi connectivity index (χ4v) is 3.91. The van der Waals surface area contributed by atoms with E-state index in [1.54, 1.807) is 13.1 Å². The fraction of sp³-hybridized carbons (Fsp3) is 0.350. The van der Waals surface area contributed by atoms with Gasteiger partial charge in [-0.3, -0.25) is 4.79 Å². The van der Waals surface area contributed by atoms with E-state index in [0.717, 1.165) is 16.8 Å². The van der Waals surface area contributed by atoms with Gasteiger partial charge in [0.05, 0.1) is 7.11 Å². The van der Waals surface area contributed by atoms with Crippen LogP contribution in [0.15, 0.2) is 41.3 Å². The number of anilines is 1. The molecule has 1 amide bonds. The van der Waals surface area contributed by atoms with Crippen LogP contribution in [0.4, 0.5) is 5.69 Å². The molecule has 0 aliphatic carbocycles. The summed E-state index contributed by atoms with van der Waals surface area (Å²) in [5, 5.41) is 0. The maximum atomic E-state index is 12.9. The zero-order chi connectivity index (χ0) is 20.2. The lowest BCUT2D eigenvalue weighted by molar-refractivity contribution is 0.0992. The topological polar surface area (TPSA) is 75.7 Å². The summed E-state index contributed by atoms with van der Waals surface area (Å²) in [6, 6.07) is 10.2. The molecule has 0 radical (unpaired) electrons. The maximum Gasteiger partial charge on any atom is 0.258 e. The molecule has 146 valence electrons. The van der Waals surface area contributed by atoms with Crippen molar-refractivity contribution in [3.8, 4) is 5.75 Å². The van der Waals surface area contributed by atoms with Gasteiger partial charge < -0.3 is 9.64 Å². The Labute approximate surface area is 161 Å². The minimum absolute atomic E-state index is 0.0437. The number of hydrogen-bond donors (Lipinski definition) is 1. The van der Waals surface area contributed by atoms with Gasteiger partial charge in [0.25, 0.3) is 5.91 Å². The number of carbonyl (C=O) groups excluding carboxylic acids is 1. The summed E-state index contributed by atoms with van der Waals surface area (Å²) in [5.74, 6) is -0.100. The van der Waals surface area contributed by atoms with Crippen LogP contribution in [0.25, 0.3) is 0 Å². The van der Waals surface area contributed by atoms with Crippen LogP contribution < -0.4 is 14.4 Å². The Bertz CT molecular complexity index is 939. The molecule has 0 aliphatic heterocycles. The number of rotatable bonds is 7. The molecule has 1 N–H and O–H groups in total. The number of nitrogens with one attached hydrogen (secondary N) is 1. The lowest BCUT2D eigenvalue weighted by Crippen LogP contribution is -2.28. The molecule has 0 unspecified atom stereocenters. The predicted molar refractivity (Wildman–Crippen MR) is 107 cm³/mol. The Kier molecular flexibility index (Phi) is 6.62. The number of nitrogens with zero attached hydrogens (tertiary/aromatic N) is 1. The second kappa shape index (κ2) is 8.54. The number of carbonyl (C=O) groups is 1. The lowest BCUT2D eigenvalue weighted by Gasteiger charge is -2.19. The largest absolute Gasteiger partial charge is 0.495 e. The molecular weight excluding hydrogens is 364 g/mol. The molecule has 0 spiro atoms. The van der Waals surface area contributed by atoms with Crippen molar-refractivity contribution >= 4 is 21.6 Å². The molecule has 0 bridgehead atoms. The van der Waals surface area contributed by atoms with E-state index in [1.165, 1.54) is 24.1 Å². The van der Waals surface area contributed by atoms with Gasteiger partial charge in [0.15, 0.2) is 0 Å². The van der Waals surface area contributed by atoms with Crippen LogP contribution >= 0.6 is 0 Å². The van der Waals surface area contributed by atoms with Crippen molar-refractivity contribution in [3.63, 3.8) is 0 Å². The van der Waals surface area contributed by atoms with E-state index in [9.17, 15) is 13.2 Å². The quantitative estimate of drug-likeness (QED) is 0.787. The Morgan fingerprint density at radius 1 is 1.11 bits per heavy atom. The van der Waals surface area contributed by atoms with E-state index in [4.69, 9.17) is 4.74 Å². The molecule has 0 aliphatic rings. The van der Waals surface area contributed by atoms with Gasteiger partial charge >= 0.3 is 0 Å². The highest BCUT2D eigenvalue weighted by Gasteiger charge is 2.23. The summed E-state index contributed by atoms with van der Waals surface area (Å²) >= 11 is 0. The number of sulfonamides is 1. The summed E-state index contributed by atoms with van der Waals surface area (Å²) in [6.07, 6.45) is 0.662. The number of aryl methyl sites for hydroxylation is 2. The molecule has 7 heteroatoms. The van der Waals surface area contributed by atoms with Crippen molar-refractivity contribution in [1.29, 1.82) is 0 Å². The first-order valence-electron chi connectivity index (χ1n) is 8.74. The van der Waals surface area contributed by atoms with Gasteiger partial charge in [-0.05, 0) is 61.7 Å². The third kappa shape index (κ3) is 4.67. The molecule has 27 heavy (non-hydrogen) atoms. The number of ether oxygens (including phenoxy) is 1. The zero-order valence-electron chi connectivity index (χ0n) is 16.4. The molecule has 2 aromatic rings. The lowest BCUT2D eigenvalue weighted by atomic mass is 10.1. The minimum Gasteiger partial charge on any atom is -0.495 e. The highest BCUT2D eigenvalue weighted by molar-refractivity contribution is 7.89. The molecule has 0 atom stereocenters. The van der Waals surface area contributed by atoms with Crippen LogP contribution in [0.2, 0.25) is 0 Å². The SMILES string of the molecule is CCCNS(=O)(=O)c1cc(C(=O)N(C)c2ccc(C)c(C)c2)ccc1OC. The monoisotopic (exact) mass is 390 g/mol. The van der Waals surface area contributed by atoms with Crippen molar-refractivity contribution in [1.82, 2.24) is 4.72 Å². The van der Waals surface area contributed by atoms with Crippen LogP contribution in [-0.4, -0.2) is 35.0 Å². The summed E-state index contributed by atoms with van der Waals surface area (Å²) < 4.78 is 32.8. The van der Waals surface area contributed by atoms with Crippen LogP contribution in [0, 0.1) is 13.8 Å². The summed E-state index contributed by atoms with van der Waals surface area (Å²) in [5.41, 5.74) is 3.23. The molecule has 0 fully saturated rings. The molecule has 0 saturated carbocycles. The van der Waals surface area contributed by atoms with Gasteiger partial charge in [-0.2, -0.15) is 0 Å². The van der Waals surface area contributed by atoms with E-state index in [0.29, 0.717) is 13.0 Å². The molecule has 2 aromatic carbocycles. The van der Waals surface area contributed by atoms with Gasteiger partial charge in [0.2, 0.25) is 10.0 Å². The first-order valence-corrected chi connectivity index (χ1v) is 10.2. The molecular formula is C20H26N2O4S. The smallest absolute Gasteiger partial charge is 0.258 e. The standard InChI is InChI=1S/C20H26N2O4S/c1-6-11-21-27(24,25)19-13-16(8-10-18(19)26-5)20(23)22(4)17-9-7-14(2)15(3)12-17/h7-10,12-13,21H,6,11H2,1-5H3. The molecule has 6 nitrogen and oxygen atoms in total. The van der Waals surface area contributed by atoms with Crippen LogP contribution in [-0.2, 0) is 10.0 Å². The van der Waals surface area contributed by atoms with Crippen LogP contribution in [0.1, 0.15) is 34.8 Å². The highest BCUT2D eigenvalue weighted by atomic mass is 32.2. The summed E-state index contributed by atoms with van der Waals surface area (Å²) in [7, 11) is -0.703.